The van der Waals surface area contributed by atoms with Crippen molar-refractivity contribution in [3.05, 3.63) is 0 Å². The van der Waals surface area contributed by atoms with Gasteiger partial charge in [0.15, 0.2) is 9.84 Å². The molecule has 0 aliphatic heterocycles. The Balaban J connectivity index is 4.19. The third kappa shape index (κ3) is 6.48. The lowest BCUT2D eigenvalue weighted by atomic mass is 10.2. The summed E-state index contributed by atoms with van der Waals surface area (Å²) in [5, 5.41) is 3.01. The quantitative estimate of drug-likeness (QED) is 0.717. The Labute approximate surface area is 101 Å². The summed E-state index contributed by atoms with van der Waals surface area (Å²) < 4.78 is 23.9. The van der Waals surface area contributed by atoms with E-state index in [0.29, 0.717) is 18.1 Å². The van der Waals surface area contributed by atoms with Crippen molar-refractivity contribution in [3.63, 3.8) is 0 Å². The molecule has 1 N–H and O–H groups in total. The molecule has 2 atom stereocenters. The Morgan fingerprint density at radius 1 is 1.12 bits per heavy atom. The SMILES string of the molecule is CCNC(C)CC(C)S(=O)(=O)CCC(C)C. The van der Waals surface area contributed by atoms with Crippen molar-refractivity contribution in [1.29, 1.82) is 0 Å². The summed E-state index contributed by atoms with van der Waals surface area (Å²) >= 11 is 0. The fourth-order valence-electron chi connectivity index (χ4n) is 1.68. The minimum atomic E-state index is -2.91. The molecule has 98 valence electrons. The molecule has 0 aromatic heterocycles. The van der Waals surface area contributed by atoms with Crippen molar-refractivity contribution in [3.8, 4) is 0 Å². The Morgan fingerprint density at radius 2 is 1.69 bits per heavy atom. The van der Waals surface area contributed by atoms with Gasteiger partial charge in [-0.15, -0.1) is 0 Å². The molecule has 0 spiro atoms. The van der Waals surface area contributed by atoms with Gasteiger partial charge in [-0.1, -0.05) is 20.8 Å². The molecule has 0 aromatic carbocycles. The van der Waals surface area contributed by atoms with E-state index in [1.807, 2.05) is 20.8 Å². The van der Waals surface area contributed by atoms with Gasteiger partial charge in [-0.25, -0.2) is 8.42 Å². The third-order valence-electron chi connectivity index (χ3n) is 2.83. The van der Waals surface area contributed by atoms with E-state index in [2.05, 4.69) is 19.2 Å². The second-order valence-corrected chi connectivity index (χ2v) is 7.59. The number of sulfone groups is 1. The van der Waals surface area contributed by atoms with Crippen molar-refractivity contribution >= 4 is 9.84 Å². The van der Waals surface area contributed by atoms with E-state index in [1.54, 1.807) is 0 Å². The van der Waals surface area contributed by atoms with Crippen LogP contribution in [-0.2, 0) is 9.84 Å². The van der Waals surface area contributed by atoms with Gasteiger partial charge in [0.25, 0.3) is 0 Å². The Morgan fingerprint density at radius 3 is 2.12 bits per heavy atom. The molecule has 2 unspecified atom stereocenters. The summed E-state index contributed by atoms with van der Waals surface area (Å²) in [5.41, 5.74) is 0. The second kappa shape index (κ2) is 7.28. The van der Waals surface area contributed by atoms with Crippen molar-refractivity contribution in [1.82, 2.24) is 5.32 Å². The zero-order valence-electron chi connectivity index (χ0n) is 11.3. The van der Waals surface area contributed by atoms with E-state index in [0.717, 1.165) is 13.0 Å². The normalized spacial score (nSPS) is 16.4. The topological polar surface area (TPSA) is 46.2 Å². The molecular formula is C12H27NO2S. The van der Waals surface area contributed by atoms with E-state index in [4.69, 9.17) is 0 Å². The molecule has 0 amide bonds. The fraction of sp³-hybridized carbons (Fsp3) is 1.00. The smallest absolute Gasteiger partial charge is 0.152 e. The van der Waals surface area contributed by atoms with Crippen LogP contribution in [0.2, 0.25) is 0 Å². The number of hydrogen-bond acceptors (Lipinski definition) is 3. The van der Waals surface area contributed by atoms with Crippen molar-refractivity contribution in [2.45, 2.75) is 58.8 Å². The average Bonchev–Trinajstić information content (AvgIpc) is 2.15. The average molecular weight is 249 g/mol. The zero-order chi connectivity index (χ0) is 12.8. The van der Waals surface area contributed by atoms with E-state index >= 15 is 0 Å². The highest BCUT2D eigenvalue weighted by atomic mass is 32.2. The molecule has 0 aromatic rings. The molecule has 0 aliphatic carbocycles. The van der Waals surface area contributed by atoms with E-state index in [-0.39, 0.29) is 11.3 Å². The first-order valence-electron chi connectivity index (χ1n) is 6.24. The minimum Gasteiger partial charge on any atom is -0.314 e. The van der Waals surface area contributed by atoms with Crippen LogP contribution in [-0.4, -0.2) is 32.0 Å². The summed E-state index contributed by atoms with van der Waals surface area (Å²) in [6.07, 6.45) is 1.47. The van der Waals surface area contributed by atoms with Crippen molar-refractivity contribution in [2.24, 2.45) is 5.92 Å². The van der Waals surface area contributed by atoms with Crippen LogP contribution in [0.5, 0.6) is 0 Å². The molecular weight excluding hydrogens is 222 g/mol. The molecule has 0 bridgehead atoms. The molecule has 4 heteroatoms. The molecule has 0 heterocycles. The van der Waals surface area contributed by atoms with E-state index in [1.165, 1.54) is 0 Å². The van der Waals surface area contributed by atoms with Crippen LogP contribution < -0.4 is 5.32 Å². The Kier molecular flexibility index (Phi) is 7.24. The van der Waals surface area contributed by atoms with Crippen LogP contribution in [0.15, 0.2) is 0 Å². The highest BCUT2D eigenvalue weighted by Gasteiger charge is 2.22. The monoisotopic (exact) mass is 249 g/mol. The summed E-state index contributed by atoms with van der Waals surface area (Å²) in [5.74, 6) is 0.776. The minimum absolute atomic E-state index is 0.236. The highest BCUT2D eigenvalue weighted by Crippen LogP contribution is 2.13. The fourth-order valence-corrected chi connectivity index (χ4v) is 3.46. The molecule has 0 saturated carbocycles. The van der Waals surface area contributed by atoms with Gasteiger partial charge in [0, 0.05) is 6.04 Å². The molecule has 16 heavy (non-hydrogen) atoms. The molecule has 0 aliphatic rings. The Bertz CT molecular complexity index is 273. The van der Waals surface area contributed by atoms with Gasteiger partial charge in [-0.3, -0.25) is 0 Å². The molecule has 0 radical (unpaired) electrons. The number of nitrogens with one attached hydrogen (secondary N) is 1. The number of rotatable bonds is 8. The van der Waals surface area contributed by atoms with Crippen LogP contribution in [0.25, 0.3) is 0 Å². The molecule has 0 rings (SSSR count). The Hall–Kier alpha value is -0.0900. The first-order valence-corrected chi connectivity index (χ1v) is 7.96. The van der Waals surface area contributed by atoms with Crippen LogP contribution in [0.3, 0.4) is 0 Å². The predicted octanol–water partition coefficient (Wildman–Crippen LogP) is 2.22. The van der Waals surface area contributed by atoms with Gasteiger partial charge in [0.1, 0.15) is 0 Å². The zero-order valence-corrected chi connectivity index (χ0v) is 12.1. The molecule has 0 saturated heterocycles. The first kappa shape index (κ1) is 15.9. The van der Waals surface area contributed by atoms with Gasteiger partial charge in [0.2, 0.25) is 0 Å². The number of hydrogen-bond donors (Lipinski definition) is 1. The van der Waals surface area contributed by atoms with Gasteiger partial charge < -0.3 is 5.32 Å². The maximum absolute atomic E-state index is 11.9. The second-order valence-electron chi connectivity index (χ2n) is 5.05. The lowest BCUT2D eigenvalue weighted by Crippen LogP contribution is -2.33. The molecule has 0 fully saturated rings. The highest BCUT2D eigenvalue weighted by molar-refractivity contribution is 7.92. The van der Waals surface area contributed by atoms with Crippen LogP contribution in [0.4, 0.5) is 0 Å². The summed E-state index contributed by atoms with van der Waals surface area (Å²) in [6, 6.07) is 0.272. The largest absolute Gasteiger partial charge is 0.314 e. The first-order chi connectivity index (χ1) is 7.29. The van der Waals surface area contributed by atoms with Crippen molar-refractivity contribution in [2.75, 3.05) is 12.3 Å². The van der Waals surface area contributed by atoms with Gasteiger partial charge >= 0.3 is 0 Å². The lowest BCUT2D eigenvalue weighted by molar-refractivity contribution is 0.505. The predicted molar refractivity (Wildman–Crippen MR) is 70.5 cm³/mol. The summed E-state index contributed by atoms with van der Waals surface area (Å²) in [7, 11) is -2.91. The van der Waals surface area contributed by atoms with Crippen LogP contribution in [0, 0.1) is 5.92 Å². The van der Waals surface area contributed by atoms with Crippen LogP contribution in [0.1, 0.15) is 47.5 Å². The molecule has 3 nitrogen and oxygen atoms in total. The summed E-state index contributed by atoms with van der Waals surface area (Å²) in [6.45, 7) is 10.9. The third-order valence-corrected chi connectivity index (χ3v) is 5.05. The maximum atomic E-state index is 11.9. The van der Waals surface area contributed by atoms with E-state index < -0.39 is 9.84 Å². The van der Waals surface area contributed by atoms with Crippen LogP contribution >= 0.6 is 0 Å². The van der Waals surface area contributed by atoms with Gasteiger partial charge in [0.05, 0.1) is 11.0 Å². The maximum Gasteiger partial charge on any atom is 0.152 e. The lowest BCUT2D eigenvalue weighted by Gasteiger charge is -2.18. The van der Waals surface area contributed by atoms with Crippen molar-refractivity contribution < 1.29 is 8.42 Å². The van der Waals surface area contributed by atoms with Gasteiger partial charge in [-0.05, 0) is 39.2 Å². The summed E-state index contributed by atoms with van der Waals surface area (Å²) in [4.78, 5) is 0. The standard InChI is InChI=1S/C12H27NO2S/c1-6-13-11(4)9-12(5)16(14,15)8-7-10(2)3/h10-13H,6-9H2,1-5H3. The van der Waals surface area contributed by atoms with Gasteiger partial charge in [-0.2, -0.15) is 0 Å². The van der Waals surface area contributed by atoms with E-state index in [9.17, 15) is 8.42 Å².